The number of hydrogen-bond acceptors (Lipinski definition) is 4. The van der Waals surface area contributed by atoms with Crippen molar-refractivity contribution in [3.63, 3.8) is 0 Å². The molecule has 1 atom stereocenters. The Morgan fingerprint density at radius 1 is 1.20 bits per heavy atom. The van der Waals surface area contributed by atoms with E-state index in [9.17, 15) is 4.79 Å². The van der Waals surface area contributed by atoms with Crippen LogP contribution in [0.4, 0.5) is 0 Å². The lowest BCUT2D eigenvalue weighted by Gasteiger charge is -2.21. The minimum atomic E-state index is 0.0455. The standard InChI is InChI=1S/C21H21NO3/c1-14-7-8-19-16(9-14)11-22(10-15(2)25-19)12-17-13-24-20-6-4-3-5-18(20)21(17)23/h3-9,13,15H,10-12H2,1-2H3. The highest BCUT2D eigenvalue weighted by molar-refractivity contribution is 5.76. The molecular formula is C21H21NO3. The largest absolute Gasteiger partial charge is 0.489 e. The number of rotatable bonds is 2. The fraction of sp³-hybridized carbons (Fsp3) is 0.286. The van der Waals surface area contributed by atoms with E-state index in [1.165, 1.54) is 5.56 Å². The molecule has 4 nitrogen and oxygen atoms in total. The molecule has 0 saturated carbocycles. The Kier molecular flexibility index (Phi) is 4.06. The predicted octanol–water partition coefficient (Wildman–Crippen LogP) is 3.88. The Bertz CT molecular complexity index is 976. The summed E-state index contributed by atoms with van der Waals surface area (Å²) in [5, 5.41) is 0.635. The zero-order chi connectivity index (χ0) is 17.4. The first kappa shape index (κ1) is 15.9. The lowest BCUT2D eigenvalue weighted by atomic mass is 10.1. The van der Waals surface area contributed by atoms with Crippen LogP contribution in [0.3, 0.4) is 0 Å². The molecule has 1 aliphatic rings. The van der Waals surface area contributed by atoms with Gasteiger partial charge in [0.1, 0.15) is 17.4 Å². The molecule has 4 rings (SSSR count). The van der Waals surface area contributed by atoms with E-state index in [0.29, 0.717) is 23.1 Å². The van der Waals surface area contributed by atoms with Crippen LogP contribution in [0.1, 0.15) is 23.6 Å². The van der Waals surface area contributed by atoms with Gasteiger partial charge in [-0.25, -0.2) is 0 Å². The molecule has 2 heterocycles. The van der Waals surface area contributed by atoms with Crippen molar-refractivity contribution in [3.05, 3.63) is 75.6 Å². The lowest BCUT2D eigenvalue weighted by Crippen LogP contribution is -2.32. The third kappa shape index (κ3) is 3.17. The van der Waals surface area contributed by atoms with Crippen LogP contribution < -0.4 is 10.2 Å². The van der Waals surface area contributed by atoms with Gasteiger partial charge in [-0.3, -0.25) is 9.69 Å². The van der Waals surface area contributed by atoms with Crippen LogP contribution in [-0.2, 0) is 13.1 Å². The number of aryl methyl sites for hydroxylation is 1. The quantitative estimate of drug-likeness (QED) is 0.713. The van der Waals surface area contributed by atoms with E-state index in [1.54, 1.807) is 6.26 Å². The molecule has 1 aliphatic heterocycles. The van der Waals surface area contributed by atoms with Crippen molar-refractivity contribution >= 4 is 11.0 Å². The van der Waals surface area contributed by atoms with Crippen molar-refractivity contribution in [3.8, 4) is 5.75 Å². The smallest absolute Gasteiger partial charge is 0.197 e. The van der Waals surface area contributed by atoms with E-state index in [-0.39, 0.29) is 11.5 Å². The molecule has 0 bridgehead atoms. The van der Waals surface area contributed by atoms with Crippen molar-refractivity contribution in [1.82, 2.24) is 4.90 Å². The summed E-state index contributed by atoms with van der Waals surface area (Å²) < 4.78 is 11.7. The van der Waals surface area contributed by atoms with Crippen molar-refractivity contribution < 1.29 is 9.15 Å². The summed E-state index contributed by atoms with van der Waals surface area (Å²) in [6.07, 6.45) is 1.66. The van der Waals surface area contributed by atoms with Crippen molar-refractivity contribution in [2.24, 2.45) is 0 Å². The molecule has 0 N–H and O–H groups in total. The molecule has 25 heavy (non-hydrogen) atoms. The Labute approximate surface area is 146 Å². The van der Waals surface area contributed by atoms with Gasteiger partial charge in [0.2, 0.25) is 0 Å². The van der Waals surface area contributed by atoms with E-state index in [0.717, 1.165) is 24.4 Å². The Hall–Kier alpha value is -2.59. The van der Waals surface area contributed by atoms with Gasteiger partial charge in [-0.1, -0.05) is 29.8 Å². The maximum absolute atomic E-state index is 12.8. The van der Waals surface area contributed by atoms with E-state index in [2.05, 4.69) is 30.9 Å². The van der Waals surface area contributed by atoms with Gasteiger partial charge in [-0.2, -0.15) is 0 Å². The summed E-state index contributed by atoms with van der Waals surface area (Å²) in [5.74, 6) is 0.936. The first-order valence-corrected chi connectivity index (χ1v) is 8.58. The Morgan fingerprint density at radius 3 is 2.92 bits per heavy atom. The monoisotopic (exact) mass is 335 g/mol. The van der Waals surface area contributed by atoms with Crippen LogP contribution in [-0.4, -0.2) is 17.5 Å². The molecule has 1 unspecified atom stereocenters. The average molecular weight is 335 g/mol. The molecule has 128 valence electrons. The number of nitrogens with zero attached hydrogens (tertiary/aromatic N) is 1. The van der Waals surface area contributed by atoms with Crippen molar-refractivity contribution in [1.29, 1.82) is 0 Å². The highest BCUT2D eigenvalue weighted by Crippen LogP contribution is 2.27. The molecule has 4 heteroatoms. The summed E-state index contributed by atoms with van der Waals surface area (Å²) in [7, 11) is 0. The maximum atomic E-state index is 12.8. The second-order valence-corrected chi connectivity index (χ2v) is 6.80. The molecule has 0 saturated heterocycles. The zero-order valence-electron chi connectivity index (χ0n) is 14.5. The molecule has 2 aromatic carbocycles. The summed E-state index contributed by atoms with van der Waals surface area (Å²) >= 11 is 0. The van der Waals surface area contributed by atoms with Crippen LogP contribution in [0.25, 0.3) is 11.0 Å². The highest BCUT2D eigenvalue weighted by atomic mass is 16.5. The molecule has 1 aromatic heterocycles. The van der Waals surface area contributed by atoms with Crippen LogP contribution >= 0.6 is 0 Å². The van der Waals surface area contributed by atoms with E-state index >= 15 is 0 Å². The summed E-state index contributed by atoms with van der Waals surface area (Å²) in [4.78, 5) is 15.0. The normalized spacial score (nSPS) is 17.8. The van der Waals surface area contributed by atoms with Crippen molar-refractivity contribution in [2.45, 2.75) is 33.0 Å². The minimum absolute atomic E-state index is 0.0455. The van der Waals surface area contributed by atoms with Gasteiger partial charge in [0.05, 0.1) is 11.6 Å². The topological polar surface area (TPSA) is 42.7 Å². The molecule has 0 spiro atoms. The van der Waals surface area contributed by atoms with Gasteiger partial charge in [0.25, 0.3) is 0 Å². The summed E-state index contributed by atoms with van der Waals surface area (Å²) in [6, 6.07) is 13.6. The molecular weight excluding hydrogens is 314 g/mol. The van der Waals surface area contributed by atoms with Gasteiger partial charge in [-0.05, 0) is 32.0 Å². The third-order valence-corrected chi connectivity index (χ3v) is 4.60. The fourth-order valence-corrected chi connectivity index (χ4v) is 3.46. The highest BCUT2D eigenvalue weighted by Gasteiger charge is 2.21. The summed E-state index contributed by atoms with van der Waals surface area (Å²) in [5.41, 5.74) is 3.73. The number of ether oxygens (including phenoxy) is 1. The van der Waals surface area contributed by atoms with Gasteiger partial charge < -0.3 is 9.15 Å². The van der Waals surface area contributed by atoms with Gasteiger partial charge >= 0.3 is 0 Å². The SMILES string of the molecule is Cc1ccc2c(c1)CN(Cc1coc3ccccc3c1=O)CC(C)O2. The number of fused-ring (bicyclic) bond motifs is 2. The average Bonchev–Trinajstić information content (AvgIpc) is 2.75. The third-order valence-electron chi connectivity index (χ3n) is 4.60. The minimum Gasteiger partial charge on any atom is -0.489 e. The Balaban J connectivity index is 1.66. The van der Waals surface area contributed by atoms with Crippen LogP contribution in [0.5, 0.6) is 5.75 Å². The summed E-state index contributed by atoms with van der Waals surface area (Å²) in [6.45, 7) is 6.21. The van der Waals surface area contributed by atoms with Crippen LogP contribution in [0.2, 0.25) is 0 Å². The van der Waals surface area contributed by atoms with E-state index < -0.39 is 0 Å². The predicted molar refractivity (Wildman–Crippen MR) is 97.9 cm³/mol. The number of benzene rings is 2. The van der Waals surface area contributed by atoms with Crippen LogP contribution in [0.15, 0.2) is 57.9 Å². The maximum Gasteiger partial charge on any atom is 0.197 e. The first-order chi connectivity index (χ1) is 12.1. The Morgan fingerprint density at radius 2 is 2.04 bits per heavy atom. The lowest BCUT2D eigenvalue weighted by molar-refractivity contribution is 0.155. The van der Waals surface area contributed by atoms with E-state index in [1.807, 2.05) is 30.3 Å². The van der Waals surface area contributed by atoms with Crippen molar-refractivity contribution in [2.75, 3.05) is 6.54 Å². The van der Waals surface area contributed by atoms with Crippen LogP contribution in [0, 0.1) is 6.92 Å². The molecule has 0 fully saturated rings. The zero-order valence-corrected chi connectivity index (χ0v) is 14.5. The molecule has 0 radical (unpaired) electrons. The van der Waals surface area contributed by atoms with Gasteiger partial charge in [0, 0.05) is 30.8 Å². The van der Waals surface area contributed by atoms with Gasteiger partial charge in [0.15, 0.2) is 5.43 Å². The number of hydrogen-bond donors (Lipinski definition) is 0. The fourth-order valence-electron chi connectivity index (χ4n) is 3.46. The second-order valence-electron chi connectivity index (χ2n) is 6.80. The first-order valence-electron chi connectivity index (χ1n) is 8.58. The molecule has 3 aromatic rings. The van der Waals surface area contributed by atoms with E-state index in [4.69, 9.17) is 9.15 Å². The van der Waals surface area contributed by atoms with Gasteiger partial charge in [-0.15, -0.1) is 0 Å². The number of para-hydroxylation sites is 1. The second kappa shape index (κ2) is 6.37. The molecule has 0 aliphatic carbocycles. The molecule has 0 amide bonds.